The summed E-state index contributed by atoms with van der Waals surface area (Å²) < 4.78 is 0. The van der Waals surface area contributed by atoms with E-state index in [1.54, 1.807) is 0 Å². The van der Waals surface area contributed by atoms with Crippen molar-refractivity contribution in [1.29, 1.82) is 0 Å². The lowest BCUT2D eigenvalue weighted by molar-refractivity contribution is 0.370. The lowest BCUT2D eigenvalue weighted by atomic mass is 9.90. The number of rotatable bonds is 1. The minimum atomic E-state index is 0.653. The molecular formula is C8H13Cl. The Bertz CT molecular complexity index is 122. The highest BCUT2D eigenvalue weighted by molar-refractivity contribution is 6.18. The second-order valence-electron chi connectivity index (χ2n) is 3.64. The first kappa shape index (κ1) is 6.03. The fraction of sp³-hybridized carbons (Fsp3) is 1.00. The van der Waals surface area contributed by atoms with Gasteiger partial charge in [0.1, 0.15) is 0 Å². The number of halogens is 1. The van der Waals surface area contributed by atoms with Crippen molar-refractivity contribution in [3.63, 3.8) is 0 Å². The first-order valence-electron chi connectivity index (χ1n) is 3.93. The zero-order valence-corrected chi connectivity index (χ0v) is 6.45. The topological polar surface area (TPSA) is 0 Å². The molecule has 0 bridgehead atoms. The molecule has 9 heavy (non-hydrogen) atoms. The van der Waals surface area contributed by atoms with Crippen LogP contribution in [-0.4, -0.2) is 5.88 Å². The Kier molecular flexibility index (Phi) is 1.26. The van der Waals surface area contributed by atoms with Crippen LogP contribution in [0.5, 0.6) is 0 Å². The molecule has 1 heteroatoms. The van der Waals surface area contributed by atoms with Crippen molar-refractivity contribution >= 4 is 11.6 Å². The van der Waals surface area contributed by atoms with Gasteiger partial charge in [-0.3, -0.25) is 0 Å². The summed E-state index contributed by atoms with van der Waals surface area (Å²) in [6.45, 7) is 0. The van der Waals surface area contributed by atoms with Crippen LogP contribution < -0.4 is 0 Å². The molecule has 2 rings (SSSR count). The highest BCUT2D eigenvalue weighted by atomic mass is 35.5. The molecule has 0 aromatic carbocycles. The van der Waals surface area contributed by atoms with E-state index in [-0.39, 0.29) is 0 Å². The van der Waals surface area contributed by atoms with Crippen LogP contribution in [0.3, 0.4) is 0 Å². The van der Waals surface area contributed by atoms with Gasteiger partial charge in [-0.2, -0.15) is 0 Å². The van der Waals surface area contributed by atoms with Crippen LogP contribution in [-0.2, 0) is 0 Å². The van der Waals surface area contributed by atoms with E-state index in [0.717, 1.165) is 11.8 Å². The summed E-state index contributed by atoms with van der Waals surface area (Å²) in [5.74, 6) is 1.96. The molecule has 2 aliphatic carbocycles. The van der Waals surface area contributed by atoms with Crippen molar-refractivity contribution in [2.75, 3.05) is 5.88 Å². The lowest BCUT2D eigenvalue weighted by Gasteiger charge is -2.18. The summed E-state index contributed by atoms with van der Waals surface area (Å²) in [6.07, 6.45) is 7.22. The highest BCUT2D eigenvalue weighted by Crippen LogP contribution is 2.61. The minimum absolute atomic E-state index is 0.653. The number of hydrogen-bond acceptors (Lipinski definition) is 0. The molecule has 2 aliphatic rings. The molecule has 2 atom stereocenters. The van der Waals surface area contributed by atoms with Crippen molar-refractivity contribution in [3.05, 3.63) is 0 Å². The van der Waals surface area contributed by atoms with Gasteiger partial charge in [0.15, 0.2) is 0 Å². The van der Waals surface area contributed by atoms with Crippen LogP contribution in [0.15, 0.2) is 0 Å². The van der Waals surface area contributed by atoms with Crippen LogP contribution in [0.25, 0.3) is 0 Å². The van der Waals surface area contributed by atoms with Crippen LogP contribution >= 0.6 is 11.6 Å². The van der Waals surface area contributed by atoms with Gasteiger partial charge in [0.05, 0.1) is 0 Å². The molecule has 0 spiro atoms. The average Bonchev–Trinajstić information content (AvgIpc) is 2.62. The number of alkyl halides is 1. The van der Waals surface area contributed by atoms with Crippen LogP contribution in [0, 0.1) is 11.3 Å². The van der Waals surface area contributed by atoms with Gasteiger partial charge in [-0.05, 0) is 30.6 Å². The van der Waals surface area contributed by atoms with E-state index < -0.39 is 0 Å². The number of fused-ring (bicyclic) bond motifs is 1. The first-order valence-corrected chi connectivity index (χ1v) is 4.47. The Morgan fingerprint density at radius 2 is 2.33 bits per heavy atom. The van der Waals surface area contributed by atoms with E-state index in [1.807, 2.05) is 0 Å². The molecule has 2 saturated carbocycles. The van der Waals surface area contributed by atoms with Gasteiger partial charge in [0.2, 0.25) is 0 Å². The molecule has 2 fully saturated rings. The maximum absolute atomic E-state index is 5.86. The lowest BCUT2D eigenvalue weighted by Crippen LogP contribution is -2.10. The Hall–Kier alpha value is 0.290. The van der Waals surface area contributed by atoms with E-state index in [4.69, 9.17) is 11.6 Å². The Morgan fingerprint density at radius 3 is 2.89 bits per heavy atom. The smallest absolute Gasteiger partial charge is 0.0282 e. The Morgan fingerprint density at radius 1 is 1.44 bits per heavy atom. The summed E-state index contributed by atoms with van der Waals surface area (Å²) >= 11 is 5.86. The largest absolute Gasteiger partial charge is 0.126 e. The number of hydrogen-bond donors (Lipinski definition) is 0. The van der Waals surface area contributed by atoms with Gasteiger partial charge < -0.3 is 0 Å². The van der Waals surface area contributed by atoms with E-state index in [0.29, 0.717) is 5.41 Å². The summed E-state index contributed by atoms with van der Waals surface area (Å²) in [4.78, 5) is 0. The van der Waals surface area contributed by atoms with Crippen LogP contribution in [0.1, 0.15) is 32.1 Å². The normalized spacial score (nSPS) is 48.3. The summed E-state index contributed by atoms with van der Waals surface area (Å²) in [6, 6.07) is 0. The van der Waals surface area contributed by atoms with E-state index in [1.165, 1.54) is 32.1 Å². The van der Waals surface area contributed by atoms with Gasteiger partial charge in [0, 0.05) is 5.88 Å². The van der Waals surface area contributed by atoms with Gasteiger partial charge in [-0.25, -0.2) is 0 Å². The van der Waals surface area contributed by atoms with Gasteiger partial charge in [-0.15, -0.1) is 11.6 Å². The van der Waals surface area contributed by atoms with Gasteiger partial charge in [0.25, 0.3) is 0 Å². The van der Waals surface area contributed by atoms with Crippen molar-refractivity contribution in [3.8, 4) is 0 Å². The van der Waals surface area contributed by atoms with Gasteiger partial charge in [-0.1, -0.05) is 12.8 Å². The Balaban J connectivity index is 2.01. The van der Waals surface area contributed by atoms with Crippen molar-refractivity contribution < 1.29 is 0 Å². The molecule has 0 nitrogen and oxygen atoms in total. The van der Waals surface area contributed by atoms with E-state index in [2.05, 4.69) is 0 Å². The molecule has 52 valence electrons. The average molecular weight is 145 g/mol. The minimum Gasteiger partial charge on any atom is -0.126 e. The van der Waals surface area contributed by atoms with Crippen molar-refractivity contribution in [2.24, 2.45) is 11.3 Å². The molecule has 0 radical (unpaired) electrons. The fourth-order valence-electron chi connectivity index (χ4n) is 2.24. The summed E-state index contributed by atoms with van der Waals surface area (Å²) in [5, 5.41) is 0. The molecule has 0 heterocycles. The van der Waals surface area contributed by atoms with Crippen LogP contribution in [0.2, 0.25) is 0 Å². The summed E-state index contributed by atoms with van der Waals surface area (Å²) in [5.41, 5.74) is 0.653. The zero-order chi connectivity index (χ0) is 6.32. The van der Waals surface area contributed by atoms with Gasteiger partial charge >= 0.3 is 0 Å². The zero-order valence-electron chi connectivity index (χ0n) is 5.70. The molecule has 0 saturated heterocycles. The third-order valence-electron chi connectivity index (χ3n) is 3.10. The monoisotopic (exact) mass is 144 g/mol. The highest BCUT2D eigenvalue weighted by Gasteiger charge is 2.53. The SMILES string of the molecule is ClC[C@]12CCCC[C@H]1C2. The standard InChI is InChI=1S/C8H13Cl/c9-6-8-4-2-1-3-7(8)5-8/h7H,1-6H2/t7-,8+/m0/s1. The van der Waals surface area contributed by atoms with Crippen molar-refractivity contribution in [1.82, 2.24) is 0 Å². The van der Waals surface area contributed by atoms with E-state index >= 15 is 0 Å². The maximum atomic E-state index is 5.86. The molecule has 0 aromatic rings. The third kappa shape index (κ3) is 0.797. The van der Waals surface area contributed by atoms with E-state index in [9.17, 15) is 0 Å². The van der Waals surface area contributed by atoms with Crippen LogP contribution in [0.4, 0.5) is 0 Å². The second kappa shape index (κ2) is 1.88. The van der Waals surface area contributed by atoms with Crippen molar-refractivity contribution in [2.45, 2.75) is 32.1 Å². The summed E-state index contributed by atoms with van der Waals surface area (Å²) in [7, 11) is 0. The molecule has 0 N–H and O–H groups in total. The molecule has 0 unspecified atom stereocenters. The molecule has 0 aliphatic heterocycles. The fourth-order valence-corrected chi connectivity index (χ4v) is 2.71. The quantitative estimate of drug-likeness (QED) is 0.497. The molecular weight excluding hydrogens is 132 g/mol. The maximum Gasteiger partial charge on any atom is 0.0282 e. The predicted molar refractivity (Wildman–Crippen MR) is 39.7 cm³/mol. The Labute approximate surface area is 61.6 Å². The predicted octanol–water partition coefficient (Wildman–Crippen LogP) is 2.81. The molecule has 0 amide bonds. The molecule has 0 aromatic heterocycles. The third-order valence-corrected chi connectivity index (χ3v) is 3.63. The second-order valence-corrected chi connectivity index (χ2v) is 3.91. The first-order chi connectivity index (χ1) is 4.37.